The van der Waals surface area contributed by atoms with Gasteiger partial charge in [-0.25, -0.2) is 0 Å². The number of fused-ring (bicyclic) bond motifs is 1. The maximum absolute atomic E-state index is 12.6. The van der Waals surface area contributed by atoms with Crippen molar-refractivity contribution < 1.29 is 14.3 Å². The fraction of sp³-hybridized carbons (Fsp3) is 0.632. The summed E-state index contributed by atoms with van der Waals surface area (Å²) in [6, 6.07) is 6.33. The zero-order valence-electron chi connectivity index (χ0n) is 14.6. The molecule has 0 bridgehead atoms. The number of piperazine rings is 1. The van der Waals surface area contributed by atoms with E-state index in [1.165, 1.54) is 12.8 Å². The molecule has 3 fully saturated rings. The highest BCUT2D eigenvalue weighted by Gasteiger charge is 2.43. The minimum absolute atomic E-state index is 0.0440. The number of amides is 1. The average Bonchev–Trinajstić information content (AvgIpc) is 3.44. The molecule has 25 heavy (non-hydrogen) atoms. The third-order valence-electron chi connectivity index (χ3n) is 5.56. The van der Waals surface area contributed by atoms with Crippen LogP contribution in [0.1, 0.15) is 18.4 Å². The third kappa shape index (κ3) is 3.78. The van der Waals surface area contributed by atoms with Crippen LogP contribution in [0.5, 0.6) is 5.75 Å². The van der Waals surface area contributed by atoms with E-state index in [1.807, 2.05) is 24.0 Å². The first-order chi connectivity index (χ1) is 12.1. The van der Waals surface area contributed by atoms with Gasteiger partial charge in [0.05, 0.1) is 19.3 Å². The van der Waals surface area contributed by atoms with Crippen LogP contribution in [0.25, 0.3) is 0 Å². The molecule has 1 amide bonds. The number of carbonyl (C=O) groups is 1. The predicted molar refractivity (Wildman–Crippen MR) is 96.1 cm³/mol. The van der Waals surface area contributed by atoms with Crippen LogP contribution in [0, 0.1) is 12.8 Å². The van der Waals surface area contributed by atoms with Crippen LogP contribution in [0.2, 0.25) is 5.02 Å². The number of morpholine rings is 1. The van der Waals surface area contributed by atoms with Gasteiger partial charge in [0.15, 0.2) is 6.61 Å². The van der Waals surface area contributed by atoms with E-state index in [9.17, 15) is 4.79 Å². The molecule has 6 heteroatoms. The van der Waals surface area contributed by atoms with E-state index in [0.717, 1.165) is 44.3 Å². The number of hydrogen-bond donors (Lipinski definition) is 0. The summed E-state index contributed by atoms with van der Waals surface area (Å²) in [6.45, 7) is 6.05. The zero-order chi connectivity index (χ0) is 17.4. The van der Waals surface area contributed by atoms with Gasteiger partial charge in [-0.3, -0.25) is 9.69 Å². The number of hydrogen-bond acceptors (Lipinski definition) is 4. The standard InChI is InChI=1S/C19H25ClN2O3/c1-13-8-15(20)4-5-18(13)25-12-19(23)21-6-7-22-16(9-21)10-24-11-17(22)14-2-3-14/h4-5,8,14,16-17H,2-3,6-7,9-12H2,1H3/t16-,17-/m1/s1. The molecule has 0 spiro atoms. The summed E-state index contributed by atoms with van der Waals surface area (Å²) in [5, 5.41) is 0.676. The lowest BCUT2D eigenvalue weighted by Crippen LogP contribution is -2.63. The van der Waals surface area contributed by atoms with Crippen LogP contribution in [-0.2, 0) is 9.53 Å². The molecule has 0 N–H and O–H groups in total. The monoisotopic (exact) mass is 364 g/mol. The summed E-state index contributed by atoms with van der Waals surface area (Å²) < 4.78 is 11.5. The third-order valence-corrected chi connectivity index (χ3v) is 5.80. The van der Waals surface area contributed by atoms with Crippen molar-refractivity contribution in [3.63, 3.8) is 0 Å². The van der Waals surface area contributed by atoms with Gasteiger partial charge in [-0.2, -0.15) is 0 Å². The highest BCUT2D eigenvalue weighted by molar-refractivity contribution is 6.30. The summed E-state index contributed by atoms with van der Waals surface area (Å²) in [6.07, 6.45) is 2.66. The van der Waals surface area contributed by atoms with E-state index in [2.05, 4.69) is 4.90 Å². The fourth-order valence-corrected chi connectivity index (χ4v) is 4.22. The molecule has 1 aromatic carbocycles. The quantitative estimate of drug-likeness (QED) is 0.822. The van der Waals surface area contributed by atoms with E-state index in [4.69, 9.17) is 21.1 Å². The average molecular weight is 365 g/mol. The predicted octanol–water partition coefficient (Wildman–Crippen LogP) is 2.35. The molecule has 1 saturated carbocycles. The van der Waals surface area contributed by atoms with E-state index < -0.39 is 0 Å². The van der Waals surface area contributed by atoms with Crippen molar-refractivity contribution >= 4 is 17.5 Å². The van der Waals surface area contributed by atoms with Crippen molar-refractivity contribution in [2.45, 2.75) is 31.8 Å². The van der Waals surface area contributed by atoms with Crippen molar-refractivity contribution in [1.29, 1.82) is 0 Å². The highest BCUT2D eigenvalue weighted by atomic mass is 35.5. The Bertz CT molecular complexity index is 650. The topological polar surface area (TPSA) is 42.0 Å². The summed E-state index contributed by atoms with van der Waals surface area (Å²) in [5.41, 5.74) is 0.943. The van der Waals surface area contributed by atoms with E-state index >= 15 is 0 Å². The molecule has 2 heterocycles. The summed E-state index contributed by atoms with van der Waals surface area (Å²) >= 11 is 5.96. The molecule has 0 aromatic heterocycles. The Kier molecular flexibility index (Phi) is 4.89. The Morgan fingerprint density at radius 1 is 1.32 bits per heavy atom. The van der Waals surface area contributed by atoms with Gasteiger partial charge in [0.2, 0.25) is 0 Å². The van der Waals surface area contributed by atoms with E-state index in [1.54, 1.807) is 6.07 Å². The number of nitrogens with zero attached hydrogens (tertiary/aromatic N) is 2. The van der Waals surface area contributed by atoms with Gasteiger partial charge in [-0.05, 0) is 49.4 Å². The largest absolute Gasteiger partial charge is 0.483 e. The number of carbonyl (C=O) groups excluding carboxylic acids is 1. The normalized spacial score (nSPS) is 27.0. The van der Waals surface area contributed by atoms with Gasteiger partial charge in [0.25, 0.3) is 5.91 Å². The molecule has 2 saturated heterocycles. The number of benzene rings is 1. The van der Waals surface area contributed by atoms with Crippen LogP contribution in [0.3, 0.4) is 0 Å². The maximum atomic E-state index is 12.6. The van der Waals surface area contributed by atoms with Crippen LogP contribution in [-0.4, -0.2) is 67.2 Å². The molecule has 2 atom stereocenters. The minimum atomic E-state index is 0.0440. The van der Waals surface area contributed by atoms with Crippen molar-refractivity contribution in [2.24, 2.45) is 5.92 Å². The van der Waals surface area contributed by atoms with Gasteiger partial charge in [-0.15, -0.1) is 0 Å². The summed E-state index contributed by atoms with van der Waals surface area (Å²) in [7, 11) is 0. The smallest absolute Gasteiger partial charge is 0.260 e. The van der Waals surface area contributed by atoms with Crippen molar-refractivity contribution in [1.82, 2.24) is 9.80 Å². The van der Waals surface area contributed by atoms with Gasteiger partial charge in [-0.1, -0.05) is 11.6 Å². The first-order valence-electron chi connectivity index (χ1n) is 9.12. The summed E-state index contributed by atoms with van der Waals surface area (Å²) in [4.78, 5) is 17.1. The number of aryl methyl sites for hydroxylation is 1. The molecule has 0 unspecified atom stereocenters. The van der Waals surface area contributed by atoms with Gasteiger partial charge in [0, 0.05) is 30.7 Å². The van der Waals surface area contributed by atoms with Gasteiger partial charge >= 0.3 is 0 Å². The lowest BCUT2D eigenvalue weighted by atomic mass is 10.0. The van der Waals surface area contributed by atoms with Crippen LogP contribution < -0.4 is 4.74 Å². The van der Waals surface area contributed by atoms with E-state index in [-0.39, 0.29) is 12.5 Å². The Labute approximate surface area is 153 Å². The molecular formula is C19H25ClN2O3. The number of halogens is 1. The molecule has 4 rings (SSSR count). The van der Waals surface area contributed by atoms with Crippen molar-refractivity contribution in [3.05, 3.63) is 28.8 Å². The molecule has 1 aromatic rings. The number of rotatable bonds is 4. The van der Waals surface area contributed by atoms with Gasteiger partial charge in [0.1, 0.15) is 5.75 Å². The first kappa shape index (κ1) is 17.1. The minimum Gasteiger partial charge on any atom is -0.483 e. The van der Waals surface area contributed by atoms with Crippen molar-refractivity contribution in [2.75, 3.05) is 39.5 Å². The number of ether oxygens (including phenoxy) is 2. The molecule has 136 valence electrons. The molecule has 2 aliphatic heterocycles. The lowest BCUT2D eigenvalue weighted by Gasteiger charge is -2.48. The SMILES string of the molecule is Cc1cc(Cl)ccc1OCC(=O)N1CCN2[C@@H](COC[C@@H]2C2CC2)C1. The maximum Gasteiger partial charge on any atom is 0.260 e. The second-order valence-corrected chi connectivity index (χ2v) is 7.81. The fourth-order valence-electron chi connectivity index (χ4n) is 3.99. The molecule has 0 radical (unpaired) electrons. The Morgan fingerprint density at radius 3 is 2.92 bits per heavy atom. The Hall–Kier alpha value is -1.30. The first-order valence-corrected chi connectivity index (χ1v) is 9.50. The highest BCUT2D eigenvalue weighted by Crippen LogP contribution is 2.38. The molecule has 1 aliphatic carbocycles. The lowest BCUT2D eigenvalue weighted by molar-refractivity contribution is -0.142. The molecule has 5 nitrogen and oxygen atoms in total. The summed E-state index contributed by atoms with van der Waals surface area (Å²) in [5.74, 6) is 1.56. The Balaban J connectivity index is 1.32. The second-order valence-electron chi connectivity index (χ2n) is 7.37. The molecular weight excluding hydrogens is 340 g/mol. The second kappa shape index (κ2) is 7.14. The van der Waals surface area contributed by atoms with Gasteiger partial charge < -0.3 is 14.4 Å². The Morgan fingerprint density at radius 2 is 2.16 bits per heavy atom. The van der Waals surface area contributed by atoms with Crippen molar-refractivity contribution in [3.8, 4) is 5.75 Å². The van der Waals surface area contributed by atoms with Crippen LogP contribution in [0.4, 0.5) is 0 Å². The van der Waals surface area contributed by atoms with E-state index in [0.29, 0.717) is 22.9 Å². The zero-order valence-corrected chi connectivity index (χ0v) is 15.4. The van der Waals surface area contributed by atoms with Crippen LogP contribution >= 0.6 is 11.6 Å². The van der Waals surface area contributed by atoms with Crippen LogP contribution in [0.15, 0.2) is 18.2 Å². The molecule has 3 aliphatic rings.